The molecule has 5 heteroatoms. The second kappa shape index (κ2) is 2.92. The van der Waals surface area contributed by atoms with E-state index < -0.39 is 17.0 Å². The molecule has 12 heavy (non-hydrogen) atoms. The van der Waals surface area contributed by atoms with Gasteiger partial charge in [0.15, 0.2) is 6.23 Å². The van der Waals surface area contributed by atoms with Crippen LogP contribution in [0, 0.1) is 11.3 Å². The third kappa shape index (κ3) is 0.977. The number of nitriles is 1. The Morgan fingerprint density at radius 2 is 2.50 bits per heavy atom. The number of rotatable bonds is 2. The van der Waals surface area contributed by atoms with Gasteiger partial charge >= 0.3 is 0 Å². The summed E-state index contributed by atoms with van der Waals surface area (Å²) in [6.45, 7) is 2.21. The number of hydrogen-bond acceptors (Lipinski definition) is 3. The zero-order valence-electron chi connectivity index (χ0n) is 6.87. The van der Waals surface area contributed by atoms with Crippen molar-refractivity contribution in [3.63, 3.8) is 0 Å². The Morgan fingerprint density at radius 1 is 1.92 bits per heavy atom. The molecular weight excluding hydrogens is 180 g/mol. The van der Waals surface area contributed by atoms with Gasteiger partial charge in [-0.3, -0.25) is 4.79 Å². The van der Waals surface area contributed by atoms with E-state index in [1.807, 2.05) is 0 Å². The number of β-lactam (4-membered cyclic amide) rings is 1. The summed E-state index contributed by atoms with van der Waals surface area (Å²) in [7, 11) is 1.56. The van der Waals surface area contributed by atoms with E-state index >= 15 is 0 Å². The molecule has 0 aromatic rings. The number of ether oxygens (including phenoxy) is 1. The van der Waals surface area contributed by atoms with E-state index in [4.69, 9.17) is 21.6 Å². The van der Waals surface area contributed by atoms with E-state index in [2.05, 4.69) is 0 Å². The molecule has 0 aromatic carbocycles. The minimum atomic E-state index is -1.50. The zero-order valence-corrected chi connectivity index (χ0v) is 7.63. The van der Waals surface area contributed by atoms with Crippen LogP contribution >= 0.6 is 11.6 Å². The molecule has 1 aliphatic heterocycles. The maximum absolute atomic E-state index is 11.1. The molecule has 0 aliphatic carbocycles. The van der Waals surface area contributed by atoms with E-state index in [9.17, 15) is 4.79 Å². The van der Waals surface area contributed by atoms with Crippen molar-refractivity contribution >= 4 is 17.5 Å². The van der Waals surface area contributed by atoms with E-state index in [1.165, 1.54) is 4.90 Å². The van der Waals surface area contributed by atoms with Crippen LogP contribution in [0.2, 0.25) is 0 Å². The first kappa shape index (κ1) is 9.30. The largest absolute Gasteiger partial charge is 0.355 e. The van der Waals surface area contributed by atoms with Crippen molar-refractivity contribution in [2.24, 2.45) is 0 Å². The maximum Gasteiger partial charge on any atom is 0.264 e. The molecule has 1 aliphatic rings. The highest BCUT2D eigenvalue weighted by molar-refractivity contribution is 6.40. The second-order valence-corrected chi connectivity index (χ2v) is 3.14. The smallest absolute Gasteiger partial charge is 0.264 e. The Kier molecular flexibility index (Phi) is 2.27. The van der Waals surface area contributed by atoms with E-state index in [0.29, 0.717) is 6.61 Å². The lowest BCUT2D eigenvalue weighted by atomic mass is 9.97. The van der Waals surface area contributed by atoms with Crippen molar-refractivity contribution in [1.82, 2.24) is 4.90 Å². The molecule has 1 amide bonds. The molecule has 0 bridgehead atoms. The lowest BCUT2D eigenvalue weighted by Gasteiger charge is -2.45. The molecule has 1 saturated heterocycles. The molecule has 0 saturated carbocycles. The molecule has 0 aromatic heterocycles. The van der Waals surface area contributed by atoms with Crippen LogP contribution < -0.4 is 0 Å². The SMILES string of the molecule is CCO[C@@H]1N(C)C(=O)[C@]1(Cl)C#N. The van der Waals surface area contributed by atoms with Gasteiger partial charge in [0.2, 0.25) is 0 Å². The van der Waals surface area contributed by atoms with Gasteiger partial charge < -0.3 is 9.64 Å². The normalized spacial score (nSPS) is 34.3. The number of halogens is 1. The first-order chi connectivity index (χ1) is 5.57. The molecule has 0 spiro atoms. The summed E-state index contributed by atoms with van der Waals surface area (Å²) in [6, 6.07) is 1.74. The van der Waals surface area contributed by atoms with Gasteiger partial charge in [-0.15, -0.1) is 0 Å². The number of nitrogens with zero attached hydrogens (tertiary/aromatic N) is 2. The van der Waals surface area contributed by atoms with Crippen LogP contribution in [0.3, 0.4) is 0 Å². The third-order valence-corrected chi connectivity index (χ3v) is 2.24. The predicted molar refractivity (Wildman–Crippen MR) is 42.4 cm³/mol. The molecule has 0 N–H and O–H groups in total. The Hall–Kier alpha value is -0.790. The van der Waals surface area contributed by atoms with Crippen molar-refractivity contribution in [2.75, 3.05) is 13.7 Å². The highest BCUT2D eigenvalue weighted by Crippen LogP contribution is 2.35. The molecular formula is C7H9ClN2O2. The van der Waals surface area contributed by atoms with Gasteiger partial charge in [0.05, 0.1) is 0 Å². The topological polar surface area (TPSA) is 53.3 Å². The lowest BCUT2D eigenvalue weighted by Crippen LogP contribution is -2.69. The predicted octanol–water partition coefficient (Wildman–Crippen LogP) is 0.322. The Labute approximate surface area is 75.7 Å². The first-order valence-corrected chi connectivity index (χ1v) is 3.94. The zero-order chi connectivity index (χ0) is 9.35. The van der Waals surface area contributed by atoms with Gasteiger partial charge in [0.1, 0.15) is 6.07 Å². The maximum atomic E-state index is 11.1. The van der Waals surface area contributed by atoms with Crippen LogP contribution in [0.5, 0.6) is 0 Å². The van der Waals surface area contributed by atoms with Crippen molar-refractivity contribution in [1.29, 1.82) is 5.26 Å². The third-order valence-electron chi connectivity index (χ3n) is 1.81. The number of likely N-dealkylation sites (tertiary alicyclic amines) is 1. The molecule has 1 rings (SSSR count). The van der Waals surface area contributed by atoms with Gasteiger partial charge in [0, 0.05) is 13.7 Å². The van der Waals surface area contributed by atoms with E-state index in [0.717, 1.165) is 0 Å². The Morgan fingerprint density at radius 3 is 2.92 bits per heavy atom. The molecule has 4 nitrogen and oxygen atoms in total. The number of amides is 1. The minimum absolute atomic E-state index is 0.398. The quantitative estimate of drug-likeness (QED) is 0.463. The molecule has 66 valence electrons. The number of hydrogen-bond donors (Lipinski definition) is 0. The van der Waals surface area contributed by atoms with Crippen LogP contribution in [0.4, 0.5) is 0 Å². The van der Waals surface area contributed by atoms with Crippen LogP contribution in [0.1, 0.15) is 6.92 Å². The molecule has 0 unspecified atom stereocenters. The summed E-state index contributed by atoms with van der Waals surface area (Å²) < 4.78 is 5.12. The van der Waals surface area contributed by atoms with Crippen LogP contribution in [-0.2, 0) is 9.53 Å². The Balaban J connectivity index is 2.76. The van der Waals surface area contributed by atoms with E-state index in [-0.39, 0.29) is 0 Å². The summed E-state index contributed by atoms with van der Waals surface area (Å²) in [5.74, 6) is -0.398. The van der Waals surface area contributed by atoms with Crippen molar-refractivity contribution in [3.05, 3.63) is 0 Å². The summed E-state index contributed by atoms with van der Waals surface area (Å²) in [5, 5.41) is 8.62. The lowest BCUT2D eigenvalue weighted by molar-refractivity contribution is -0.174. The summed E-state index contributed by atoms with van der Waals surface area (Å²) in [4.78, 5) is 10.9. The standard InChI is InChI=1S/C7H9ClN2O2/c1-3-12-6-7(8,4-9)5(11)10(6)2/h6H,3H2,1-2H3/t6-,7+/m0/s1. The first-order valence-electron chi connectivity index (χ1n) is 3.57. The van der Waals surface area contributed by atoms with E-state index in [1.54, 1.807) is 20.0 Å². The fraction of sp³-hybridized carbons (Fsp3) is 0.714. The average Bonchev–Trinajstić information content (AvgIpc) is 2.11. The van der Waals surface area contributed by atoms with Crippen LogP contribution in [0.25, 0.3) is 0 Å². The van der Waals surface area contributed by atoms with Crippen molar-refractivity contribution in [2.45, 2.75) is 18.0 Å². The van der Waals surface area contributed by atoms with Crippen molar-refractivity contribution < 1.29 is 9.53 Å². The van der Waals surface area contributed by atoms with Crippen LogP contribution in [-0.4, -0.2) is 35.6 Å². The van der Waals surface area contributed by atoms with Gasteiger partial charge in [0.25, 0.3) is 10.8 Å². The van der Waals surface area contributed by atoms with Crippen LogP contribution in [0.15, 0.2) is 0 Å². The fourth-order valence-electron chi connectivity index (χ4n) is 1.16. The molecule has 1 heterocycles. The monoisotopic (exact) mass is 188 g/mol. The minimum Gasteiger partial charge on any atom is -0.355 e. The number of carbonyl (C=O) groups is 1. The number of carbonyl (C=O) groups excluding carboxylic acids is 1. The highest BCUT2D eigenvalue weighted by atomic mass is 35.5. The molecule has 0 radical (unpaired) electrons. The molecule has 1 fully saturated rings. The fourth-order valence-corrected chi connectivity index (χ4v) is 1.50. The average molecular weight is 189 g/mol. The summed E-state index contributed by atoms with van der Waals surface area (Å²) >= 11 is 5.70. The number of alkyl halides is 1. The van der Waals surface area contributed by atoms with Gasteiger partial charge in [-0.25, -0.2) is 0 Å². The van der Waals surface area contributed by atoms with Gasteiger partial charge in [-0.05, 0) is 6.92 Å². The van der Waals surface area contributed by atoms with Gasteiger partial charge in [-0.2, -0.15) is 5.26 Å². The van der Waals surface area contributed by atoms with Crippen molar-refractivity contribution in [3.8, 4) is 6.07 Å². The molecule has 2 atom stereocenters. The highest BCUT2D eigenvalue weighted by Gasteiger charge is 2.60. The summed E-state index contributed by atoms with van der Waals surface area (Å²) in [6.07, 6.45) is -0.610. The van der Waals surface area contributed by atoms with Gasteiger partial charge in [-0.1, -0.05) is 11.6 Å². The summed E-state index contributed by atoms with van der Waals surface area (Å²) in [5.41, 5.74) is 0. The second-order valence-electron chi connectivity index (χ2n) is 2.55. The Bertz CT molecular complexity index is 250.